The minimum absolute atomic E-state index is 0.00492. The second-order valence-electron chi connectivity index (χ2n) is 7.89. The third-order valence-corrected chi connectivity index (χ3v) is 6.83. The van der Waals surface area contributed by atoms with Gasteiger partial charge in [0.15, 0.2) is 11.0 Å². The molecule has 2 aliphatic heterocycles. The van der Waals surface area contributed by atoms with Gasteiger partial charge in [-0.2, -0.15) is 0 Å². The van der Waals surface area contributed by atoms with Gasteiger partial charge < -0.3 is 15.0 Å². The lowest BCUT2D eigenvalue weighted by molar-refractivity contribution is -0.120. The molecule has 0 radical (unpaired) electrons. The highest BCUT2D eigenvalue weighted by Gasteiger charge is 2.28. The normalized spacial score (nSPS) is 17.7. The SMILES string of the molecule is O=C1CN(C(=O)CSc2nnc(-c3ccc(Cl)cc3)n2CC2CCCO2)c2ccccc2N1. The number of ether oxygens (including phenoxy) is 1. The lowest BCUT2D eigenvalue weighted by Gasteiger charge is -2.29. The number of hydrogen-bond acceptors (Lipinski definition) is 6. The molecule has 8 nitrogen and oxygen atoms in total. The minimum atomic E-state index is -0.210. The Kier molecular flexibility index (Phi) is 6.34. The van der Waals surface area contributed by atoms with E-state index in [0.29, 0.717) is 33.9 Å². The number of benzene rings is 2. The van der Waals surface area contributed by atoms with Crippen molar-refractivity contribution in [3.63, 3.8) is 0 Å². The van der Waals surface area contributed by atoms with Crippen molar-refractivity contribution in [2.24, 2.45) is 0 Å². The van der Waals surface area contributed by atoms with Crippen LogP contribution in [0, 0.1) is 0 Å². The molecule has 2 aromatic carbocycles. The van der Waals surface area contributed by atoms with Crippen molar-refractivity contribution in [3.05, 3.63) is 53.6 Å². The summed E-state index contributed by atoms with van der Waals surface area (Å²) < 4.78 is 7.84. The molecule has 1 fully saturated rings. The van der Waals surface area contributed by atoms with Crippen LogP contribution in [0.1, 0.15) is 12.8 Å². The van der Waals surface area contributed by atoms with Crippen LogP contribution in [-0.4, -0.2) is 51.6 Å². The molecule has 1 aromatic heterocycles. The number of halogens is 1. The van der Waals surface area contributed by atoms with E-state index >= 15 is 0 Å². The molecule has 1 N–H and O–H groups in total. The molecule has 0 bridgehead atoms. The van der Waals surface area contributed by atoms with Gasteiger partial charge in [-0.05, 0) is 49.2 Å². The van der Waals surface area contributed by atoms with Crippen molar-refractivity contribution >= 4 is 46.6 Å². The molecule has 170 valence electrons. The Balaban J connectivity index is 1.37. The van der Waals surface area contributed by atoms with Crippen molar-refractivity contribution in [1.29, 1.82) is 0 Å². The van der Waals surface area contributed by atoms with E-state index in [0.717, 1.165) is 25.0 Å². The Morgan fingerprint density at radius 1 is 1.18 bits per heavy atom. The number of hydrogen-bond donors (Lipinski definition) is 1. The topological polar surface area (TPSA) is 89.4 Å². The van der Waals surface area contributed by atoms with Gasteiger partial charge in [-0.15, -0.1) is 10.2 Å². The zero-order chi connectivity index (χ0) is 22.8. The highest BCUT2D eigenvalue weighted by Crippen LogP contribution is 2.31. The molecule has 33 heavy (non-hydrogen) atoms. The maximum atomic E-state index is 13.1. The van der Waals surface area contributed by atoms with Gasteiger partial charge in [0, 0.05) is 17.2 Å². The maximum absolute atomic E-state index is 13.1. The smallest absolute Gasteiger partial charge is 0.244 e. The summed E-state index contributed by atoms with van der Waals surface area (Å²) >= 11 is 7.36. The van der Waals surface area contributed by atoms with E-state index in [1.54, 1.807) is 6.07 Å². The molecule has 1 atom stereocenters. The number of thioether (sulfide) groups is 1. The monoisotopic (exact) mass is 483 g/mol. The van der Waals surface area contributed by atoms with Crippen LogP contribution in [0.3, 0.4) is 0 Å². The molecule has 1 unspecified atom stereocenters. The van der Waals surface area contributed by atoms with E-state index in [-0.39, 0.29) is 30.2 Å². The maximum Gasteiger partial charge on any atom is 0.244 e. The average Bonchev–Trinajstić information content (AvgIpc) is 3.48. The Labute approximate surface area is 200 Å². The first kappa shape index (κ1) is 21.9. The van der Waals surface area contributed by atoms with E-state index in [2.05, 4.69) is 15.5 Å². The molecule has 3 aromatic rings. The summed E-state index contributed by atoms with van der Waals surface area (Å²) in [4.78, 5) is 26.7. The van der Waals surface area contributed by atoms with E-state index in [1.165, 1.54) is 16.7 Å². The van der Waals surface area contributed by atoms with Gasteiger partial charge in [-0.1, -0.05) is 35.5 Å². The molecule has 0 aliphatic carbocycles. The van der Waals surface area contributed by atoms with Gasteiger partial charge in [0.05, 0.1) is 29.8 Å². The molecule has 1 saturated heterocycles. The first-order chi connectivity index (χ1) is 16.1. The number of carbonyl (C=O) groups excluding carboxylic acids is 2. The Bertz CT molecular complexity index is 1180. The van der Waals surface area contributed by atoms with Crippen LogP contribution in [-0.2, 0) is 20.9 Å². The van der Waals surface area contributed by atoms with E-state index < -0.39 is 0 Å². The lowest BCUT2D eigenvalue weighted by atomic mass is 10.2. The highest BCUT2D eigenvalue weighted by atomic mass is 35.5. The Morgan fingerprint density at radius 3 is 2.79 bits per heavy atom. The molecule has 5 rings (SSSR count). The summed E-state index contributed by atoms with van der Waals surface area (Å²) in [6, 6.07) is 14.7. The largest absolute Gasteiger partial charge is 0.376 e. The lowest BCUT2D eigenvalue weighted by Crippen LogP contribution is -2.43. The van der Waals surface area contributed by atoms with Crippen molar-refractivity contribution in [2.75, 3.05) is 29.1 Å². The summed E-state index contributed by atoms with van der Waals surface area (Å²) in [6.07, 6.45) is 2.08. The van der Waals surface area contributed by atoms with Crippen LogP contribution in [0.25, 0.3) is 11.4 Å². The molecular formula is C23H22ClN5O3S. The second-order valence-corrected chi connectivity index (χ2v) is 9.27. The quantitative estimate of drug-likeness (QED) is 0.535. The van der Waals surface area contributed by atoms with Gasteiger partial charge in [0.2, 0.25) is 11.8 Å². The molecule has 2 amide bonds. The Hall–Kier alpha value is -2.88. The number of rotatable bonds is 6. The van der Waals surface area contributed by atoms with Crippen molar-refractivity contribution in [3.8, 4) is 11.4 Å². The fourth-order valence-electron chi connectivity index (χ4n) is 4.02. The van der Waals surface area contributed by atoms with E-state index in [4.69, 9.17) is 16.3 Å². The predicted octanol–water partition coefficient (Wildman–Crippen LogP) is 3.85. The molecule has 0 saturated carbocycles. The summed E-state index contributed by atoms with van der Waals surface area (Å²) in [5.41, 5.74) is 2.23. The van der Waals surface area contributed by atoms with Crippen LogP contribution in [0.4, 0.5) is 11.4 Å². The van der Waals surface area contributed by atoms with Crippen molar-refractivity contribution in [2.45, 2.75) is 30.6 Å². The second kappa shape index (κ2) is 9.54. The third-order valence-electron chi connectivity index (χ3n) is 5.63. The van der Waals surface area contributed by atoms with Crippen LogP contribution >= 0.6 is 23.4 Å². The van der Waals surface area contributed by atoms with Crippen LogP contribution < -0.4 is 10.2 Å². The summed E-state index contributed by atoms with van der Waals surface area (Å²) in [6.45, 7) is 1.35. The fourth-order valence-corrected chi connectivity index (χ4v) is 4.97. The first-order valence-electron chi connectivity index (χ1n) is 10.7. The minimum Gasteiger partial charge on any atom is -0.376 e. The zero-order valence-electron chi connectivity index (χ0n) is 17.7. The summed E-state index contributed by atoms with van der Waals surface area (Å²) in [5, 5.41) is 12.9. The predicted molar refractivity (Wildman–Crippen MR) is 128 cm³/mol. The van der Waals surface area contributed by atoms with Crippen molar-refractivity contribution in [1.82, 2.24) is 14.8 Å². The van der Waals surface area contributed by atoms with Crippen LogP contribution in [0.5, 0.6) is 0 Å². The standard InChI is InChI=1S/C23H22ClN5O3S/c24-16-9-7-15(8-10-16)22-26-27-23(29(22)12-17-4-3-11-32-17)33-14-21(31)28-13-20(30)25-18-5-1-2-6-19(18)28/h1-2,5-10,17H,3-4,11-14H2,(H,25,30). The molecule has 2 aliphatic rings. The van der Waals surface area contributed by atoms with Gasteiger partial charge >= 0.3 is 0 Å². The average molecular weight is 484 g/mol. The van der Waals surface area contributed by atoms with Gasteiger partial charge in [-0.25, -0.2) is 0 Å². The summed E-state index contributed by atoms with van der Waals surface area (Å²) in [7, 11) is 0. The molecule has 10 heteroatoms. The zero-order valence-corrected chi connectivity index (χ0v) is 19.3. The number of nitrogens with zero attached hydrogens (tertiary/aromatic N) is 4. The number of carbonyl (C=O) groups is 2. The van der Waals surface area contributed by atoms with E-state index in [9.17, 15) is 9.59 Å². The Morgan fingerprint density at radius 2 is 2.00 bits per heavy atom. The molecule has 3 heterocycles. The summed E-state index contributed by atoms with van der Waals surface area (Å²) in [5.74, 6) is 0.465. The number of para-hydroxylation sites is 2. The van der Waals surface area contributed by atoms with Gasteiger partial charge in [-0.3, -0.25) is 14.2 Å². The molecular weight excluding hydrogens is 462 g/mol. The number of anilines is 2. The number of fused-ring (bicyclic) bond motifs is 1. The molecule has 0 spiro atoms. The fraction of sp³-hybridized carbons (Fsp3) is 0.304. The van der Waals surface area contributed by atoms with Gasteiger partial charge in [0.25, 0.3) is 0 Å². The van der Waals surface area contributed by atoms with E-state index in [1.807, 2.05) is 47.0 Å². The van der Waals surface area contributed by atoms with Crippen molar-refractivity contribution < 1.29 is 14.3 Å². The highest BCUT2D eigenvalue weighted by molar-refractivity contribution is 7.99. The number of aromatic nitrogens is 3. The first-order valence-corrected chi connectivity index (χ1v) is 12.1. The third kappa shape index (κ3) is 4.75. The number of amides is 2. The van der Waals surface area contributed by atoms with Crippen LogP contribution in [0.15, 0.2) is 53.7 Å². The van der Waals surface area contributed by atoms with Gasteiger partial charge in [0.1, 0.15) is 6.54 Å². The van der Waals surface area contributed by atoms with Crippen LogP contribution in [0.2, 0.25) is 5.02 Å². The number of nitrogens with one attached hydrogen (secondary N) is 1.